The summed E-state index contributed by atoms with van der Waals surface area (Å²) in [5, 5.41) is 8.86. The normalized spacial score (nSPS) is 20.7. The van der Waals surface area contributed by atoms with Crippen LogP contribution in [-0.4, -0.2) is 68.9 Å². The fraction of sp³-hybridized carbons (Fsp3) is 0.375. The van der Waals surface area contributed by atoms with Crippen LogP contribution in [0, 0.1) is 18.8 Å². The molecule has 3 aromatic rings. The van der Waals surface area contributed by atoms with Gasteiger partial charge in [0.15, 0.2) is 0 Å². The van der Waals surface area contributed by atoms with Crippen LogP contribution in [-0.2, 0) is 6.54 Å². The van der Waals surface area contributed by atoms with E-state index >= 15 is 0 Å². The van der Waals surface area contributed by atoms with E-state index in [9.17, 15) is 4.79 Å². The maximum atomic E-state index is 12.7. The topological polar surface area (TPSA) is 66.7 Å². The molecule has 4 heterocycles. The van der Waals surface area contributed by atoms with E-state index in [2.05, 4.69) is 39.3 Å². The maximum absolute atomic E-state index is 12.7. The molecule has 2 saturated heterocycles. The van der Waals surface area contributed by atoms with Gasteiger partial charge in [0.25, 0.3) is 0 Å². The number of rotatable bonds is 5. The highest BCUT2D eigenvalue weighted by Crippen LogP contribution is 2.32. The minimum atomic E-state index is -0.0159. The third-order valence-corrected chi connectivity index (χ3v) is 6.31. The number of likely N-dealkylation sites (tertiary alicyclic amines) is 1. The quantitative estimate of drug-likeness (QED) is 0.617. The van der Waals surface area contributed by atoms with Crippen molar-refractivity contribution < 1.29 is 9.53 Å². The second kappa shape index (κ2) is 8.72. The Labute approximate surface area is 188 Å². The first-order chi connectivity index (χ1) is 15.5. The second-order valence-corrected chi connectivity index (χ2v) is 8.80. The van der Waals surface area contributed by atoms with Crippen LogP contribution in [0.2, 0.25) is 0 Å². The standard InChI is InChI=1S/C24H28N6O2/c1-18-10-26-30(12-18)24(31)28-14-20-16-29(17-21(20)15-28)27(2)13-19-5-3-6-22(9-19)32-23-7-4-8-25-11-23/h3-12,20-21H,13-17H2,1-2H3/t20-,21+. The summed E-state index contributed by atoms with van der Waals surface area (Å²) in [5.41, 5.74) is 2.19. The molecule has 2 fully saturated rings. The molecule has 0 spiro atoms. The molecule has 2 aromatic heterocycles. The predicted octanol–water partition coefficient (Wildman–Crippen LogP) is 3.26. The van der Waals surface area contributed by atoms with Crippen LogP contribution in [0.5, 0.6) is 11.5 Å². The van der Waals surface area contributed by atoms with Crippen molar-refractivity contribution in [2.24, 2.45) is 11.8 Å². The fourth-order valence-corrected chi connectivity index (χ4v) is 4.68. The molecule has 0 unspecified atom stereocenters. The van der Waals surface area contributed by atoms with Gasteiger partial charge in [0.1, 0.15) is 11.5 Å². The van der Waals surface area contributed by atoms with Crippen molar-refractivity contribution >= 4 is 6.03 Å². The van der Waals surface area contributed by atoms with Gasteiger partial charge in [-0.15, -0.1) is 0 Å². The molecule has 1 amide bonds. The van der Waals surface area contributed by atoms with Crippen molar-refractivity contribution in [3.63, 3.8) is 0 Å². The lowest BCUT2D eigenvalue weighted by Gasteiger charge is -2.30. The van der Waals surface area contributed by atoms with Gasteiger partial charge in [0.2, 0.25) is 0 Å². The summed E-state index contributed by atoms with van der Waals surface area (Å²) in [4.78, 5) is 18.7. The molecule has 0 radical (unpaired) electrons. The van der Waals surface area contributed by atoms with Gasteiger partial charge >= 0.3 is 6.03 Å². The van der Waals surface area contributed by atoms with Crippen molar-refractivity contribution in [3.05, 3.63) is 72.3 Å². The molecule has 5 rings (SSSR count). The van der Waals surface area contributed by atoms with Gasteiger partial charge in [0.05, 0.1) is 12.4 Å². The lowest BCUT2D eigenvalue weighted by Crippen LogP contribution is -2.41. The number of ether oxygens (including phenoxy) is 1. The molecule has 2 aliphatic rings. The lowest BCUT2D eigenvalue weighted by atomic mass is 10.0. The van der Waals surface area contributed by atoms with Crippen LogP contribution in [0.4, 0.5) is 4.79 Å². The molecule has 32 heavy (non-hydrogen) atoms. The molecule has 0 N–H and O–H groups in total. The maximum Gasteiger partial charge on any atom is 0.344 e. The average Bonchev–Trinajstić information content (AvgIpc) is 3.49. The van der Waals surface area contributed by atoms with E-state index in [4.69, 9.17) is 4.74 Å². The summed E-state index contributed by atoms with van der Waals surface area (Å²) >= 11 is 0. The lowest BCUT2D eigenvalue weighted by molar-refractivity contribution is 0.00631. The number of benzene rings is 1. The van der Waals surface area contributed by atoms with Gasteiger partial charge < -0.3 is 9.64 Å². The number of hydrogen-bond acceptors (Lipinski definition) is 6. The first-order valence-electron chi connectivity index (χ1n) is 11.0. The van der Waals surface area contributed by atoms with Crippen molar-refractivity contribution in [3.8, 4) is 11.5 Å². The molecule has 0 aliphatic carbocycles. The summed E-state index contributed by atoms with van der Waals surface area (Å²) < 4.78 is 7.38. The third-order valence-electron chi connectivity index (χ3n) is 6.31. The minimum absolute atomic E-state index is 0.0159. The zero-order valence-corrected chi connectivity index (χ0v) is 18.5. The van der Waals surface area contributed by atoms with E-state index in [-0.39, 0.29) is 6.03 Å². The Morgan fingerprint density at radius 2 is 1.88 bits per heavy atom. The van der Waals surface area contributed by atoms with Gasteiger partial charge in [-0.25, -0.2) is 14.8 Å². The van der Waals surface area contributed by atoms with Crippen LogP contribution in [0.25, 0.3) is 0 Å². The summed E-state index contributed by atoms with van der Waals surface area (Å²) in [7, 11) is 2.13. The molecule has 166 valence electrons. The van der Waals surface area contributed by atoms with E-state index in [1.54, 1.807) is 24.8 Å². The summed E-state index contributed by atoms with van der Waals surface area (Å²) in [5.74, 6) is 2.54. The van der Waals surface area contributed by atoms with Crippen LogP contribution >= 0.6 is 0 Å². The summed E-state index contributed by atoms with van der Waals surface area (Å²) in [6.07, 6.45) is 6.96. The Morgan fingerprint density at radius 3 is 2.56 bits per heavy atom. The number of nitrogens with zero attached hydrogens (tertiary/aromatic N) is 6. The number of fused-ring (bicyclic) bond motifs is 1. The van der Waals surface area contributed by atoms with E-state index in [1.165, 1.54) is 10.2 Å². The Hall–Kier alpha value is -3.23. The SMILES string of the molecule is Cc1cnn(C(=O)N2C[C@@H]3CN(N(C)Cc4cccc(Oc5cccnc5)c4)C[C@@H]3C2)c1. The number of hydrazine groups is 1. The van der Waals surface area contributed by atoms with Crippen LogP contribution < -0.4 is 4.74 Å². The molecule has 8 heteroatoms. The van der Waals surface area contributed by atoms with Crippen LogP contribution in [0.3, 0.4) is 0 Å². The Morgan fingerprint density at radius 1 is 1.09 bits per heavy atom. The minimum Gasteiger partial charge on any atom is -0.456 e. The monoisotopic (exact) mass is 432 g/mol. The highest BCUT2D eigenvalue weighted by molar-refractivity contribution is 5.76. The predicted molar refractivity (Wildman–Crippen MR) is 120 cm³/mol. The molecule has 8 nitrogen and oxygen atoms in total. The number of pyridine rings is 1. The molecule has 2 atom stereocenters. The summed E-state index contributed by atoms with van der Waals surface area (Å²) in [6.45, 7) is 6.27. The third kappa shape index (κ3) is 4.37. The Balaban J connectivity index is 1.16. The molecular weight excluding hydrogens is 404 g/mol. The van der Waals surface area contributed by atoms with Gasteiger partial charge in [-0.3, -0.25) is 4.98 Å². The van der Waals surface area contributed by atoms with E-state index < -0.39 is 0 Å². The van der Waals surface area contributed by atoms with Crippen molar-refractivity contribution in [2.75, 3.05) is 33.2 Å². The number of amides is 1. The molecule has 0 bridgehead atoms. The zero-order chi connectivity index (χ0) is 22.1. The van der Waals surface area contributed by atoms with Crippen molar-refractivity contribution in [1.29, 1.82) is 0 Å². The average molecular weight is 433 g/mol. The van der Waals surface area contributed by atoms with Crippen molar-refractivity contribution in [1.82, 2.24) is 29.7 Å². The van der Waals surface area contributed by atoms with Crippen molar-refractivity contribution in [2.45, 2.75) is 13.5 Å². The zero-order valence-electron chi connectivity index (χ0n) is 18.5. The first-order valence-corrected chi connectivity index (χ1v) is 11.0. The van der Waals surface area contributed by atoms with E-state index in [0.717, 1.165) is 49.8 Å². The number of carbonyl (C=O) groups is 1. The van der Waals surface area contributed by atoms with Gasteiger partial charge in [-0.1, -0.05) is 12.1 Å². The van der Waals surface area contributed by atoms with E-state index in [0.29, 0.717) is 11.8 Å². The number of aryl methyl sites for hydroxylation is 1. The second-order valence-electron chi connectivity index (χ2n) is 8.80. The molecule has 2 aliphatic heterocycles. The number of aromatic nitrogens is 3. The fourth-order valence-electron chi connectivity index (χ4n) is 4.68. The number of carbonyl (C=O) groups excluding carboxylic acids is 1. The van der Waals surface area contributed by atoms with Gasteiger partial charge in [-0.2, -0.15) is 9.78 Å². The van der Waals surface area contributed by atoms with Gasteiger partial charge in [-0.05, 0) is 54.2 Å². The Kier molecular flexibility index (Phi) is 5.63. The first kappa shape index (κ1) is 20.7. The number of hydrogen-bond donors (Lipinski definition) is 0. The highest BCUT2D eigenvalue weighted by Gasteiger charge is 2.43. The highest BCUT2D eigenvalue weighted by atomic mass is 16.5. The van der Waals surface area contributed by atoms with Gasteiger partial charge in [0, 0.05) is 52.2 Å². The van der Waals surface area contributed by atoms with Crippen LogP contribution in [0.1, 0.15) is 11.1 Å². The van der Waals surface area contributed by atoms with E-state index in [1.807, 2.05) is 36.1 Å². The molecule has 1 aromatic carbocycles. The summed E-state index contributed by atoms with van der Waals surface area (Å²) in [6, 6.07) is 11.9. The largest absolute Gasteiger partial charge is 0.456 e. The van der Waals surface area contributed by atoms with Crippen LogP contribution in [0.15, 0.2) is 61.2 Å². The smallest absolute Gasteiger partial charge is 0.344 e. The molecular formula is C24H28N6O2. The molecule has 0 saturated carbocycles. The Bertz CT molecular complexity index is 1070.